The molecule has 0 radical (unpaired) electrons. The van der Waals surface area contributed by atoms with Crippen molar-refractivity contribution in [3.63, 3.8) is 0 Å². The minimum Gasteiger partial charge on any atom is -0.378 e. The van der Waals surface area contributed by atoms with Crippen molar-refractivity contribution in [2.75, 3.05) is 46.0 Å². The fourth-order valence-corrected chi connectivity index (χ4v) is 3.67. The molecule has 0 spiro atoms. The van der Waals surface area contributed by atoms with E-state index in [-0.39, 0.29) is 30.7 Å². The van der Waals surface area contributed by atoms with Crippen LogP contribution in [-0.4, -0.2) is 89.8 Å². The van der Waals surface area contributed by atoms with Crippen LogP contribution in [0.2, 0.25) is 0 Å². The summed E-state index contributed by atoms with van der Waals surface area (Å²) in [6, 6.07) is 3.73. The van der Waals surface area contributed by atoms with E-state index in [1.54, 1.807) is 17.3 Å². The maximum absolute atomic E-state index is 12.7. The largest absolute Gasteiger partial charge is 0.378 e. The third-order valence-electron chi connectivity index (χ3n) is 5.03. The topological polar surface area (TPSA) is 75.2 Å². The summed E-state index contributed by atoms with van der Waals surface area (Å²) in [7, 11) is 0. The number of likely N-dealkylation sites (tertiary alicyclic amines) is 1. The van der Waals surface area contributed by atoms with Crippen molar-refractivity contribution in [3.8, 4) is 0 Å². The molecule has 0 unspecified atom stereocenters. The molecule has 4 heterocycles. The number of rotatable bonds is 2. The Morgan fingerprint density at radius 3 is 2.68 bits per heavy atom. The van der Waals surface area contributed by atoms with E-state index in [1.165, 1.54) is 0 Å². The molecule has 1 aromatic heterocycles. The number of hydrogen-bond donors (Lipinski definition) is 0. The quantitative estimate of drug-likeness (QED) is 0.750. The molecule has 3 aliphatic rings. The van der Waals surface area contributed by atoms with Crippen LogP contribution in [0.5, 0.6) is 0 Å². The first kappa shape index (κ1) is 16.3. The van der Waals surface area contributed by atoms with Gasteiger partial charge in [0.1, 0.15) is 6.61 Å². The summed E-state index contributed by atoms with van der Waals surface area (Å²) in [6.07, 6.45) is 3.32. The molecule has 0 aromatic carbocycles. The van der Waals surface area contributed by atoms with E-state index in [9.17, 15) is 9.59 Å². The highest BCUT2D eigenvalue weighted by Crippen LogP contribution is 2.26. The summed E-state index contributed by atoms with van der Waals surface area (Å²) in [5.41, 5.74) is 1.03. The number of urea groups is 1. The van der Waals surface area contributed by atoms with Crippen molar-refractivity contribution in [1.29, 1.82) is 0 Å². The molecule has 8 heteroatoms. The second-order valence-corrected chi connectivity index (χ2v) is 6.58. The fourth-order valence-electron chi connectivity index (χ4n) is 3.67. The van der Waals surface area contributed by atoms with Crippen LogP contribution in [0.15, 0.2) is 24.5 Å². The van der Waals surface area contributed by atoms with Gasteiger partial charge in [-0.15, -0.1) is 0 Å². The van der Waals surface area contributed by atoms with E-state index in [0.29, 0.717) is 45.9 Å². The zero-order valence-corrected chi connectivity index (χ0v) is 14.0. The second-order valence-electron chi connectivity index (χ2n) is 6.58. The normalized spacial score (nSPS) is 26.7. The van der Waals surface area contributed by atoms with Crippen molar-refractivity contribution in [2.45, 2.75) is 18.7 Å². The molecule has 3 aliphatic heterocycles. The Labute approximate surface area is 146 Å². The van der Waals surface area contributed by atoms with E-state index in [2.05, 4.69) is 4.98 Å². The number of amides is 3. The number of aromatic nitrogens is 1. The SMILES string of the molecule is O=C(N1CCOCC1)N1C[C@@H]2[C@@H](C1)OCC(=O)N2Cc1ccncc1. The molecular formula is C17H22N4O4. The van der Waals surface area contributed by atoms with Gasteiger partial charge in [0.15, 0.2) is 0 Å². The standard InChI is InChI=1S/C17H22N4O4/c22-16-12-25-15-11-20(17(23)19-5-7-24-8-6-19)10-14(15)21(16)9-13-1-3-18-4-2-13/h1-4,14-15H,5-12H2/t14-,15-/m1/s1. The Bertz CT molecular complexity index is 635. The molecule has 3 amide bonds. The zero-order valence-electron chi connectivity index (χ0n) is 14.0. The van der Waals surface area contributed by atoms with Gasteiger partial charge in [0, 0.05) is 38.6 Å². The van der Waals surface area contributed by atoms with Gasteiger partial charge in [0.2, 0.25) is 5.91 Å². The highest BCUT2D eigenvalue weighted by atomic mass is 16.5. The number of nitrogens with zero attached hydrogens (tertiary/aromatic N) is 4. The number of fused-ring (bicyclic) bond motifs is 1. The molecule has 2 atom stereocenters. The Morgan fingerprint density at radius 2 is 1.92 bits per heavy atom. The summed E-state index contributed by atoms with van der Waals surface area (Å²) in [5.74, 6) is -0.0290. The van der Waals surface area contributed by atoms with E-state index < -0.39 is 0 Å². The van der Waals surface area contributed by atoms with Crippen molar-refractivity contribution < 1.29 is 19.1 Å². The minimum atomic E-state index is -0.121. The lowest BCUT2D eigenvalue weighted by atomic mass is 10.1. The molecule has 25 heavy (non-hydrogen) atoms. The van der Waals surface area contributed by atoms with Gasteiger partial charge >= 0.3 is 6.03 Å². The number of morpholine rings is 2. The molecule has 4 rings (SSSR count). The lowest BCUT2D eigenvalue weighted by molar-refractivity contribution is -0.153. The Hall–Kier alpha value is -2.19. The van der Waals surface area contributed by atoms with E-state index in [4.69, 9.17) is 9.47 Å². The monoisotopic (exact) mass is 346 g/mol. The first-order chi connectivity index (χ1) is 12.2. The maximum Gasteiger partial charge on any atom is 0.320 e. The highest BCUT2D eigenvalue weighted by molar-refractivity contribution is 5.80. The number of carbonyl (C=O) groups is 2. The predicted molar refractivity (Wildman–Crippen MR) is 87.7 cm³/mol. The molecule has 0 bridgehead atoms. The third-order valence-corrected chi connectivity index (χ3v) is 5.03. The average Bonchev–Trinajstić information content (AvgIpc) is 3.10. The summed E-state index contributed by atoms with van der Waals surface area (Å²) in [6.45, 7) is 4.03. The number of carbonyl (C=O) groups excluding carboxylic acids is 2. The van der Waals surface area contributed by atoms with Gasteiger partial charge in [-0.1, -0.05) is 0 Å². The summed E-state index contributed by atoms with van der Waals surface area (Å²) in [4.78, 5) is 34.6. The van der Waals surface area contributed by atoms with Crippen LogP contribution in [0.3, 0.4) is 0 Å². The lowest BCUT2D eigenvalue weighted by Gasteiger charge is -2.36. The molecule has 134 valence electrons. The van der Waals surface area contributed by atoms with Crippen LogP contribution in [0.4, 0.5) is 4.79 Å². The first-order valence-electron chi connectivity index (χ1n) is 8.64. The number of pyridine rings is 1. The molecule has 0 aliphatic carbocycles. The highest BCUT2D eigenvalue weighted by Gasteiger charge is 2.45. The summed E-state index contributed by atoms with van der Waals surface area (Å²) < 4.78 is 11.0. The van der Waals surface area contributed by atoms with Crippen LogP contribution < -0.4 is 0 Å². The molecule has 1 aromatic rings. The average molecular weight is 346 g/mol. The van der Waals surface area contributed by atoms with Gasteiger partial charge in [-0.2, -0.15) is 0 Å². The van der Waals surface area contributed by atoms with Gasteiger partial charge in [-0.3, -0.25) is 9.78 Å². The van der Waals surface area contributed by atoms with Crippen molar-refractivity contribution in [3.05, 3.63) is 30.1 Å². The van der Waals surface area contributed by atoms with E-state index >= 15 is 0 Å². The Kier molecular flexibility index (Phi) is 4.54. The summed E-state index contributed by atoms with van der Waals surface area (Å²) >= 11 is 0. The number of hydrogen-bond acceptors (Lipinski definition) is 5. The van der Waals surface area contributed by atoms with Crippen LogP contribution in [0, 0.1) is 0 Å². The molecular weight excluding hydrogens is 324 g/mol. The van der Waals surface area contributed by atoms with Gasteiger partial charge in [0.25, 0.3) is 0 Å². The van der Waals surface area contributed by atoms with Gasteiger partial charge in [-0.25, -0.2) is 4.79 Å². The van der Waals surface area contributed by atoms with Crippen LogP contribution in [0.25, 0.3) is 0 Å². The second kappa shape index (κ2) is 6.97. The molecule has 0 N–H and O–H groups in total. The Morgan fingerprint density at radius 1 is 1.16 bits per heavy atom. The summed E-state index contributed by atoms with van der Waals surface area (Å²) in [5, 5.41) is 0. The fraction of sp³-hybridized carbons (Fsp3) is 0.588. The van der Waals surface area contributed by atoms with Crippen LogP contribution in [0.1, 0.15) is 5.56 Å². The van der Waals surface area contributed by atoms with Gasteiger partial charge in [-0.05, 0) is 17.7 Å². The smallest absolute Gasteiger partial charge is 0.320 e. The molecule has 8 nitrogen and oxygen atoms in total. The van der Waals surface area contributed by atoms with E-state index in [1.807, 2.05) is 21.9 Å². The van der Waals surface area contributed by atoms with Gasteiger partial charge in [0.05, 0.1) is 31.9 Å². The molecule has 3 fully saturated rings. The van der Waals surface area contributed by atoms with E-state index in [0.717, 1.165) is 5.56 Å². The van der Waals surface area contributed by atoms with Crippen molar-refractivity contribution in [1.82, 2.24) is 19.7 Å². The number of ether oxygens (including phenoxy) is 2. The van der Waals surface area contributed by atoms with Crippen molar-refractivity contribution in [2.24, 2.45) is 0 Å². The maximum atomic E-state index is 12.7. The van der Waals surface area contributed by atoms with Crippen LogP contribution in [-0.2, 0) is 20.8 Å². The van der Waals surface area contributed by atoms with Gasteiger partial charge < -0.3 is 24.2 Å². The minimum absolute atomic E-state index is 0.0117. The first-order valence-corrected chi connectivity index (χ1v) is 8.64. The lowest BCUT2D eigenvalue weighted by Crippen LogP contribution is -2.53. The predicted octanol–water partition coefficient (Wildman–Crippen LogP) is -0.0546. The third kappa shape index (κ3) is 3.32. The Balaban J connectivity index is 1.46. The van der Waals surface area contributed by atoms with Crippen molar-refractivity contribution >= 4 is 11.9 Å². The molecule has 3 saturated heterocycles. The molecule has 0 saturated carbocycles. The van der Waals surface area contributed by atoms with Crippen LogP contribution >= 0.6 is 0 Å². The zero-order chi connectivity index (χ0) is 17.2.